The zero-order chi connectivity index (χ0) is 19.1. The Hall–Kier alpha value is -2.14. The number of benzene rings is 2. The number of hydrogen-bond donors (Lipinski definition) is 1. The highest BCUT2D eigenvalue weighted by Crippen LogP contribution is 2.26. The Labute approximate surface area is 167 Å². The van der Waals surface area contributed by atoms with Gasteiger partial charge in [-0.1, -0.05) is 6.07 Å². The average molecular weight is 486 g/mol. The molecule has 2 rings (SSSR count). The third kappa shape index (κ3) is 6.30. The van der Waals surface area contributed by atoms with Gasteiger partial charge in [0.15, 0.2) is 6.61 Å². The van der Waals surface area contributed by atoms with Gasteiger partial charge in [-0.3, -0.25) is 19.7 Å². The molecule has 0 radical (unpaired) electrons. The zero-order valence-electron chi connectivity index (χ0n) is 13.7. The Morgan fingerprint density at radius 2 is 1.96 bits per heavy atom. The minimum atomic E-state index is -0.554. The summed E-state index contributed by atoms with van der Waals surface area (Å²) in [5, 5.41) is 12.7. The maximum absolute atomic E-state index is 12.0. The molecule has 0 aliphatic rings. The number of non-ortho nitro benzene ring substituents is 1. The predicted octanol–water partition coefficient (Wildman–Crippen LogP) is 3.86. The summed E-state index contributed by atoms with van der Waals surface area (Å²) in [5.41, 5.74) is 0.614. The van der Waals surface area contributed by atoms with Crippen molar-refractivity contribution in [2.45, 2.75) is 17.1 Å². The van der Waals surface area contributed by atoms with Crippen molar-refractivity contribution in [2.24, 2.45) is 0 Å². The number of amides is 1. The maximum Gasteiger partial charge on any atom is 0.319 e. The van der Waals surface area contributed by atoms with Gasteiger partial charge >= 0.3 is 5.97 Å². The second kappa shape index (κ2) is 9.53. The SMILES string of the molecule is CC(Sc1ccc([N+](=O)[O-])cc1)C(=O)OCC(=O)Nc1cccc(I)c1. The quantitative estimate of drug-likeness (QED) is 0.210. The number of carbonyl (C=O) groups is 2. The monoisotopic (exact) mass is 486 g/mol. The summed E-state index contributed by atoms with van der Waals surface area (Å²) in [7, 11) is 0. The fourth-order valence-electron chi connectivity index (χ4n) is 1.92. The molecule has 7 nitrogen and oxygen atoms in total. The molecule has 0 heterocycles. The van der Waals surface area contributed by atoms with E-state index in [9.17, 15) is 19.7 Å². The van der Waals surface area contributed by atoms with Crippen LogP contribution in [0.25, 0.3) is 0 Å². The molecule has 2 aromatic carbocycles. The molecule has 136 valence electrons. The molecule has 1 unspecified atom stereocenters. The number of rotatable bonds is 7. The molecule has 1 atom stereocenters. The van der Waals surface area contributed by atoms with Crippen LogP contribution >= 0.6 is 34.4 Å². The summed E-state index contributed by atoms with van der Waals surface area (Å²) in [4.78, 5) is 34.7. The van der Waals surface area contributed by atoms with Gasteiger partial charge in [-0.2, -0.15) is 0 Å². The zero-order valence-corrected chi connectivity index (χ0v) is 16.7. The molecule has 0 saturated carbocycles. The van der Waals surface area contributed by atoms with Gasteiger partial charge in [0, 0.05) is 26.3 Å². The molecule has 0 aliphatic heterocycles. The Morgan fingerprint density at radius 3 is 2.58 bits per heavy atom. The van der Waals surface area contributed by atoms with Gasteiger partial charge in [0.25, 0.3) is 11.6 Å². The topological polar surface area (TPSA) is 98.5 Å². The molecular formula is C17H15IN2O5S. The minimum Gasteiger partial charge on any atom is -0.455 e. The van der Waals surface area contributed by atoms with Crippen molar-refractivity contribution in [3.63, 3.8) is 0 Å². The third-order valence-electron chi connectivity index (χ3n) is 3.15. The van der Waals surface area contributed by atoms with Crippen LogP contribution in [0.2, 0.25) is 0 Å². The lowest BCUT2D eigenvalue weighted by atomic mass is 10.3. The largest absolute Gasteiger partial charge is 0.455 e. The van der Waals surface area contributed by atoms with E-state index in [1.165, 1.54) is 23.9 Å². The Balaban J connectivity index is 1.81. The molecule has 1 amide bonds. The van der Waals surface area contributed by atoms with Crippen molar-refractivity contribution in [3.8, 4) is 0 Å². The molecule has 2 aromatic rings. The number of nitro benzene ring substituents is 1. The maximum atomic E-state index is 12.0. The number of thioether (sulfide) groups is 1. The number of hydrogen-bond acceptors (Lipinski definition) is 6. The van der Waals surface area contributed by atoms with Crippen molar-refractivity contribution in [1.29, 1.82) is 0 Å². The van der Waals surface area contributed by atoms with Crippen LogP contribution in [0.4, 0.5) is 11.4 Å². The van der Waals surface area contributed by atoms with Crippen molar-refractivity contribution >= 4 is 57.6 Å². The normalized spacial score (nSPS) is 11.5. The van der Waals surface area contributed by atoms with Gasteiger partial charge in [0.1, 0.15) is 5.25 Å². The van der Waals surface area contributed by atoms with E-state index in [4.69, 9.17) is 4.74 Å². The highest BCUT2D eigenvalue weighted by molar-refractivity contribution is 14.1. The average Bonchev–Trinajstić information content (AvgIpc) is 2.60. The van der Waals surface area contributed by atoms with E-state index in [1.54, 1.807) is 31.2 Å². The van der Waals surface area contributed by atoms with Gasteiger partial charge in [-0.25, -0.2) is 0 Å². The van der Waals surface area contributed by atoms with Crippen molar-refractivity contribution in [2.75, 3.05) is 11.9 Å². The summed E-state index contributed by atoms with van der Waals surface area (Å²) in [5.74, 6) is -0.959. The van der Waals surface area contributed by atoms with Gasteiger partial charge in [-0.05, 0) is 59.8 Å². The molecule has 0 spiro atoms. The van der Waals surface area contributed by atoms with Crippen LogP contribution in [-0.4, -0.2) is 28.7 Å². The van der Waals surface area contributed by atoms with Gasteiger partial charge in [0.2, 0.25) is 0 Å². The van der Waals surface area contributed by atoms with E-state index in [-0.39, 0.29) is 12.3 Å². The van der Waals surface area contributed by atoms with Crippen LogP contribution in [0.5, 0.6) is 0 Å². The van der Waals surface area contributed by atoms with Crippen molar-refractivity contribution in [1.82, 2.24) is 0 Å². The Morgan fingerprint density at radius 1 is 1.27 bits per heavy atom. The molecule has 0 bridgehead atoms. The van der Waals surface area contributed by atoms with Crippen LogP contribution in [0.15, 0.2) is 53.4 Å². The van der Waals surface area contributed by atoms with Crippen LogP contribution in [-0.2, 0) is 14.3 Å². The van der Waals surface area contributed by atoms with E-state index < -0.39 is 22.0 Å². The Bertz CT molecular complexity index is 813. The number of halogens is 1. The molecule has 26 heavy (non-hydrogen) atoms. The number of anilines is 1. The smallest absolute Gasteiger partial charge is 0.319 e. The summed E-state index contributed by atoms with van der Waals surface area (Å²) < 4.78 is 6.00. The summed E-state index contributed by atoms with van der Waals surface area (Å²) in [6.45, 7) is 1.27. The summed E-state index contributed by atoms with van der Waals surface area (Å²) >= 11 is 3.33. The lowest BCUT2D eigenvalue weighted by Gasteiger charge is -2.11. The predicted molar refractivity (Wildman–Crippen MR) is 107 cm³/mol. The molecule has 0 fully saturated rings. The number of nitrogens with zero attached hydrogens (tertiary/aromatic N) is 1. The summed E-state index contributed by atoms with van der Waals surface area (Å²) in [6, 6.07) is 13.1. The minimum absolute atomic E-state index is 0.0168. The number of nitro groups is 1. The first-order valence-corrected chi connectivity index (χ1v) is 9.44. The van der Waals surface area contributed by atoms with E-state index in [1.807, 2.05) is 12.1 Å². The van der Waals surface area contributed by atoms with Gasteiger partial charge < -0.3 is 10.1 Å². The van der Waals surface area contributed by atoms with Crippen LogP contribution in [0.3, 0.4) is 0 Å². The van der Waals surface area contributed by atoms with Gasteiger partial charge in [-0.15, -0.1) is 11.8 Å². The van der Waals surface area contributed by atoms with Crippen LogP contribution < -0.4 is 5.32 Å². The Kier molecular flexibility index (Phi) is 7.39. The molecular weight excluding hydrogens is 471 g/mol. The second-order valence-corrected chi connectivity index (χ2v) is 7.84. The van der Waals surface area contributed by atoms with E-state index >= 15 is 0 Å². The highest BCUT2D eigenvalue weighted by atomic mass is 127. The number of ether oxygens (including phenoxy) is 1. The third-order valence-corrected chi connectivity index (χ3v) is 4.91. The van der Waals surface area contributed by atoms with Gasteiger partial charge in [0.05, 0.1) is 4.92 Å². The fraction of sp³-hybridized carbons (Fsp3) is 0.176. The lowest BCUT2D eigenvalue weighted by molar-refractivity contribution is -0.384. The second-order valence-electron chi connectivity index (χ2n) is 5.18. The first kappa shape index (κ1) is 20.2. The first-order valence-electron chi connectivity index (χ1n) is 7.48. The molecule has 0 aliphatic carbocycles. The number of esters is 1. The molecule has 1 N–H and O–H groups in total. The molecule has 0 aromatic heterocycles. The molecule has 0 saturated heterocycles. The van der Waals surface area contributed by atoms with Crippen LogP contribution in [0, 0.1) is 13.7 Å². The molecule has 9 heteroatoms. The number of carbonyl (C=O) groups excluding carboxylic acids is 2. The lowest BCUT2D eigenvalue weighted by Crippen LogP contribution is -2.24. The number of nitrogens with one attached hydrogen (secondary N) is 1. The van der Waals surface area contributed by atoms with E-state index in [0.717, 1.165) is 3.57 Å². The van der Waals surface area contributed by atoms with Crippen molar-refractivity contribution in [3.05, 3.63) is 62.2 Å². The van der Waals surface area contributed by atoms with Crippen molar-refractivity contribution < 1.29 is 19.2 Å². The fourth-order valence-corrected chi connectivity index (χ4v) is 3.32. The van der Waals surface area contributed by atoms with E-state index in [2.05, 4.69) is 27.9 Å². The highest BCUT2D eigenvalue weighted by Gasteiger charge is 2.18. The summed E-state index contributed by atoms with van der Waals surface area (Å²) in [6.07, 6.45) is 0. The first-order chi connectivity index (χ1) is 12.3. The van der Waals surface area contributed by atoms with Crippen LogP contribution in [0.1, 0.15) is 6.92 Å². The standard InChI is InChI=1S/C17H15IN2O5S/c1-11(26-15-7-5-14(6-8-15)20(23)24)17(22)25-10-16(21)19-13-4-2-3-12(18)9-13/h2-9,11H,10H2,1H3,(H,19,21). The van der Waals surface area contributed by atoms with E-state index in [0.29, 0.717) is 10.6 Å².